The molecule has 1 aliphatic rings. The number of carbonyl (C=O) groups excluding carboxylic acids is 2. The highest BCUT2D eigenvalue weighted by Crippen LogP contribution is 2.35. The van der Waals surface area contributed by atoms with Crippen LogP contribution in [0.5, 0.6) is 0 Å². The van der Waals surface area contributed by atoms with Crippen LogP contribution in [-0.4, -0.2) is 29.8 Å². The van der Waals surface area contributed by atoms with Crippen molar-refractivity contribution in [2.75, 3.05) is 18.4 Å². The quantitative estimate of drug-likeness (QED) is 0.783. The zero-order chi connectivity index (χ0) is 17.8. The number of hydrogen-bond donors (Lipinski definition) is 2. The third-order valence-corrected chi connectivity index (χ3v) is 5.20. The van der Waals surface area contributed by atoms with E-state index in [2.05, 4.69) is 23.4 Å². The highest BCUT2D eigenvalue weighted by atomic mass is 32.1. The van der Waals surface area contributed by atoms with Gasteiger partial charge in [-0.3, -0.25) is 14.5 Å². The standard InChI is InChI=1S/C19H19N3O2S/c1-2-10-22(16-8-7-13-5-3-4-6-14(13)16)12-17(23)21-19-15(18(20)24)9-11-25-19/h1,3-6,9,11,16H,7-8,10,12H2,(H2,20,24)(H,21,23). The number of carbonyl (C=O) groups is 2. The molecule has 25 heavy (non-hydrogen) atoms. The fraction of sp³-hybridized carbons (Fsp3) is 0.263. The summed E-state index contributed by atoms with van der Waals surface area (Å²) in [6.45, 7) is 0.554. The summed E-state index contributed by atoms with van der Waals surface area (Å²) in [6, 6.07) is 10.00. The normalized spacial score (nSPS) is 15.6. The van der Waals surface area contributed by atoms with Crippen molar-refractivity contribution >= 4 is 28.2 Å². The fourth-order valence-electron chi connectivity index (χ4n) is 3.26. The van der Waals surface area contributed by atoms with Crippen LogP contribution in [0.3, 0.4) is 0 Å². The second kappa shape index (κ2) is 7.51. The number of rotatable bonds is 6. The van der Waals surface area contributed by atoms with Crippen molar-refractivity contribution in [2.45, 2.75) is 18.9 Å². The van der Waals surface area contributed by atoms with Crippen molar-refractivity contribution < 1.29 is 9.59 Å². The zero-order valence-corrected chi connectivity index (χ0v) is 14.5. The second-order valence-electron chi connectivity index (χ2n) is 5.94. The second-order valence-corrected chi connectivity index (χ2v) is 6.85. The monoisotopic (exact) mass is 353 g/mol. The Balaban J connectivity index is 1.72. The molecule has 3 rings (SSSR count). The number of amides is 2. The molecule has 1 aromatic carbocycles. The third-order valence-electron chi connectivity index (χ3n) is 4.37. The number of aryl methyl sites for hydroxylation is 1. The predicted molar refractivity (Wildman–Crippen MR) is 99.4 cm³/mol. The van der Waals surface area contributed by atoms with E-state index in [1.54, 1.807) is 11.4 Å². The van der Waals surface area contributed by atoms with Crippen LogP contribution in [0, 0.1) is 12.3 Å². The Kier molecular flexibility index (Phi) is 5.17. The van der Waals surface area contributed by atoms with Gasteiger partial charge in [0, 0.05) is 6.04 Å². The SMILES string of the molecule is C#CCN(CC(=O)Nc1sccc1C(N)=O)C1CCc2ccccc21. The zero-order valence-electron chi connectivity index (χ0n) is 13.7. The number of terminal acetylenes is 1. The third kappa shape index (κ3) is 3.73. The van der Waals surface area contributed by atoms with Crippen LogP contribution < -0.4 is 11.1 Å². The molecule has 1 heterocycles. The molecule has 6 heteroatoms. The number of primary amides is 1. The van der Waals surface area contributed by atoms with Gasteiger partial charge in [-0.15, -0.1) is 17.8 Å². The summed E-state index contributed by atoms with van der Waals surface area (Å²) in [5.74, 6) is 1.89. The molecule has 0 saturated heterocycles. The molecule has 1 unspecified atom stereocenters. The minimum absolute atomic E-state index is 0.136. The Morgan fingerprint density at radius 3 is 2.92 bits per heavy atom. The highest BCUT2D eigenvalue weighted by Gasteiger charge is 2.28. The number of nitrogens with two attached hydrogens (primary N) is 1. The molecule has 0 bridgehead atoms. The van der Waals surface area contributed by atoms with Crippen molar-refractivity contribution in [3.05, 3.63) is 52.4 Å². The summed E-state index contributed by atoms with van der Waals surface area (Å²) in [6.07, 6.45) is 7.44. The van der Waals surface area contributed by atoms with Gasteiger partial charge in [-0.05, 0) is 35.4 Å². The molecular weight excluding hydrogens is 334 g/mol. The van der Waals surface area contributed by atoms with E-state index < -0.39 is 5.91 Å². The molecule has 0 aliphatic heterocycles. The first-order valence-electron chi connectivity index (χ1n) is 8.02. The number of nitrogens with one attached hydrogen (secondary N) is 1. The largest absolute Gasteiger partial charge is 0.366 e. The summed E-state index contributed by atoms with van der Waals surface area (Å²) in [5, 5.41) is 4.98. The van der Waals surface area contributed by atoms with Crippen molar-refractivity contribution in [1.82, 2.24) is 4.90 Å². The fourth-order valence-corrected chi connectivity index (χ4v) is 4.07. The average molecular weight is 353 g/mol. The van der Waals surface area contributed by atoms with E-state index >= 15 is 0 Å². The predicted octanol–water partition coefficient (Wildman–Crippen LogP) is 2.41. The number of hydrogen-bond acceptors (Lipinski definition) is 4. The molecule has 128 valence electrons. The Morgan fingerprint density at radius 1 is 1.36 bits per heavy atom. The van der Waals surface area contributed by atoms with Gasteiger partial charge in [0.05, 0.1) is 18.7 Å². The Bertz CT molecular complexity index is 837. The van der Waals surface area contributed by atoms with Crippen LogP contribution in [0.4, 0.5) is 5.00 Å². The van der Waals surface area contributed by atoms with Gasteiger partial charge in [-0.2, -0.15) is 0 Å². The first-order chi connectivity index (χ1) is 12.1. The maximum absolute atomic E-state index is 12.5. The van der Waals surface area contributed by atoms with E-state index in [1.807, 2.05) is 17.0 Å². The first-order valence-corrected chi connectivity index (χ1v) is 8.90. The maximum Gasteiger partial charge on any atom is 0.251 e. The summed E-state index contributed by atoms with van der Waals surface area (Å²) < 4.78 is 0. The van der Waals surface area contributed by atoms with Gasteiger partial charge in [0.15, 0.2) is 0 Å². The van der Waals surface area contributed by atoms with E-state index in [0.29, 0.717) is 17.1 Å². The molecule has 2 aromatic rings. The van der Waals surface area contributed by atoms with E-state index in [1.165, 1.54) is 22.5 Å². The van der Waals surface area contributed by atoms with Crippen LogP contribution in [0.15, 0.2) is 35.7 Å². The topological polar surface area (TPSA) is 75.4 Å². The van der Waals surface area contributed by atoms with Gasteiger partial charge < -0.3 is 11.1 Å². The van der Waals surface area contributed by atoms with Crippen LogP contribution in [0.1, 0.15) is 33.9 Å². The van der Waals surface area contributed by atoms with E-state index in [-0.39, 0.29) is 18.5 Å². The molecule has 0 radical (unpaired) electrons. The van der Waals surface area contributed by atoms with Crippen LogP contribution in [0.25, 0.3) is 0 Å². The number of nitrogens with zero attached hydrogens (tertiary/aromatic N) is 1. The Morgan fingerprint density at radius 2 is 2.16 bits per heavy atom. The minimum Gasteiger partial charge on any atom is -0.366 e. The van der Waals surface area contributed by atoms with Crippen molar-refractivity contribution in [1.29, 1.82) is 0 Å². The molecule has 3 N–H and O–H groups in total. The maximum atomic E-state index is 12.5. The van der Waals surface area contributed by atoms with Gasteiger partial charge >= 0.3 is 0 Å². The lowest BCUT2D eigenvalue weighted by molar-refractivity contribution is -0.117. The minimum atomic E-state index is -0.554. The summed E-state index contributed by atoms with van der Waals surface area (Å²) in [4.78, 5) is 25.8. The molecule has 5 nitrogen and oxygen atoms in total. The lowest BCUT2D eigenvalue weighted by Gasteiger charge is -2.27. The van der Waals surface area contributed by atoms with Crippen molar-refractivity contribution in [3.63, 3.8) is 0 Å². The van der Waals surface area contributed by atoms with Gasteiger partial charge in [-0.1, -0.05) is 30.2 Å². The number of fused-ring (bicyclic) bond motifs is 1. The number of thiophene rings is 1. The summed E-state index contributed by atoms with van der Waals surface area (Å²) in [5.41, 5.74) is 8.19. The van der Waals surface area contributed by atoms with Gasteiger partial charge in [0.25, 0.3) is 5.91 Å². The van der Waals surface area contributed by atoms with Crippen molar-refractivity contribution in [2.24, 2.45) is 5.73 Å². The summed E-state index contributed by atoms with van der Waals surface area (Å²) in [7, 11) is 0. The van der Waals surface area contributed by atoms with Gasteiger partial charge in [-0.25, -0.2) is 0 Å². The Hall–Kier alpha value is -2.62. The lowest BCUT2D eigenvalue weighted by Crippen LogP contribution is -2.36. The molecule has 0 saturated carbocycles. The first kappa shape index (κ1) is 17.2. The molecule has 0 fully saturated rings. The molecule has 0 spiro atoms. The molecular formula is C19H19N3O2S. The molecule has 1 atom stereocenters. The summed E-state index contributed by atoms with van der Waals surface area (Å²) >= 11 is 1.28. The number of anilines is 1. The molecule has 2 amide bonds. The van der Waals surface area contributed by atoms with Crippen LogP contribution >= 0.6 is 11.3 Å². The molecule has 1 aromatic heterocycles. The van der Waals surface area contributed by atoms with E-state index in [0.717, 1.165) is 12.8 Å². The molecule has 1 aliphatic carbocycles. The smallest absolute Gasteiger partial charge is 0.251 e. The Labute approximate surface area is 150 Å². The van der Waals surface area contributed by atoms with Gasteiger partial charge in [0.2, 0.25) is 5.91 Å². The number of benzene rings is 1. The lowest BCUT2D eigenvalue weighted by atomic mass is 10.1. The van der Waals surface area contributed by atoms with E-state index in [4.69, 9.17) is 12.2 Å². The highest BCUT2D eigenvalue weighted by molar-refractivity contribution is 7.14. The van der Waals surface area contributed by atoms with Crippen LogP contribution in [-0.2, 0) is 11.2 Å². The average Bonchev–Trinajstić information content (AvgIpc) is 3.21. The van der Waals surface area contributed by atoms with Gasteiger partial charge in [0.1, 0.15) is 5.00 Å². The van der Waals surface area contributed by atoms with Crippen molar-refractivity contribution in [3.8, 4) is 12.3 Å². The van der Waals surface area contributed by atoms with Crippen LogP contribution in [0.2, 0.25) is 0 Å². The van der Waals surface area contributed by atoms with E-state index in [9.17, 15) is 9.59 Å².